The molecule has 0 spiro atoms. The van der Waals surface area contributed by atoms with Crippen molar-refractivity contribution < 1.29 is 19.4 Å². The molecular weight excluding hydrogens is 234 g/mol. The minimum atomic E-state index is -0.644. The Morgan fingerprint density at radius 2 is 2.11 bits per heavy atom. The molecule has 0 aromatic rings. The molecule has 2 N–H and O–H groups in total. The molecule has 5 unspecified atom stereocenters. The average Bonchev–Trinajstić information content (AvgIpc) is 2.33. The second kappa shape index (κ2) is 7.07. The van der Waals surface area contributed by atoms with Crippen LogP contribution in [0.1, 0.15) is 40.5 Å². The van der Waals surface area contributed by atoms with Crippen LogP contribution in [0.4, 0.5) is 0 Å². The molecule has 1 fully saturated rings. The fraction of sp³-hybridized carbons (Fsp3) is 0.923. The zero-order chi connectivity index (χ0) is 13.7. The first-order chi connectivity index (χ1) is 8.51. The van der Waals surface area contributed by atoms with E-state index in [0.29, 0.717) is 6.61 Å². The highest BCUT2D eigenvalue weighted by atomic mass is 16.7. The van der Waals surface area contributed by atoms with Crippen molar-refractivity contribution in [3.8, 4) is 0 Å². The van der Waals surface area contributed by atoms with Crippen LogP contribution in [0.15, 0.2) is 0 Å². The van der Waals surface area contributed by atoms with Crippen molar-refractivity contribution in [2.24, 2.45) is 5.92 Å². The third-order valence-corrected chi connectivity index (χ3v) is 3.35. The van der Waals surface area contributed by atoms with Crippen LogP contribution < -0.4 is 5.32 Å². The van der Waals surface area contributed by atoms with Gasteiger partial charge in [-0.05, 0) is 12.8 Å². The van der Waals surface area contributed by atoms with Crippen LogP contribution in [0.5, 0.6) is 0 Å². The summed E-state index contributed by atoms with van der Waals surface area (Å²) in [5, 5.41) is 13.0. The maximum absolute atomic E-state index is 11.2. The van der Waals surface area contributed by atoms with Gasteiger partial charge < -0.3 is 19.9 Å². The van der Waals surface area contributed by atoms with Gasteiger partial charge in [0.05, 0.1) is 12.2 Å². The van der Waals surface area contributed by atoms with Crippen molar-refractivity contribution in [1.29, 1.82) is 0 Å². The van der Waals surface area contributed by atoms with Crippen LogP contribution in [-0.4, -0.2) is 42.2 Å². The van der Waals surface area contributed by atoms with Crippen molar-refractivity contribution >= 4 is 5.91 Å². The Balaban J connectivity index is 2.76. The highest BCUT2D eigenvalue weighted by Gasteiger charge is 2.43. The Bertz CT molecular complexity index is 272. The van der Waals surface area contributed by atoms with Crippen molar-refractivity contribution in [3.05, 3.63) is 0 Å². The molecule has 18 heavy (non-hydrogen) atoms. The van der Waals surface area contributed by atoms with Gasteiger partial charge in [0.15, 0.2) is 6.29 Å². The van der Waals surface area contributed by atoms with E-state index in [1.165, 1.54) is 6.92 Å². The lowest BCUT2D eigenvalue weighted by Gasteiger charge is -2.43. The van der Waals surface area contributed by atoms with E-state index < -0.39 is 18.4 Å². The van der Waals surface area contributed by atoms with Gasteiger partial charge in [-0.15, -0.1) is 0 Å². The Kier molecular flexibility index (Phi) is 6.05. The summed E-state index contributed by atoms with van der Waals surface area (Å²) in [7, 11) is 0. The standard InChI is InChI=1S/C13H25NO4/c1-5-7-17-13-11(14-9(4)15)12(16)8(3)10(6-2)18-13/h8,10-13,16H,5-7H2,1-4H3,(H,14,15). The third-order valence-electron chi connectivity index (χ3n) is 3.35. The fourth-order valence-corrected chi connectivity index (χ4v) is 2.32. The highest BCUT2D eigenvalue weighted by molar-refractivity contribution is 5.73. The van der Waals surface area contributed by atoms with Crippen LogP contribution in [-0.2, 0) is 14.3 Å². The van der Waals surface area contributed by atoms with E-state index in [1.807, 2.05) is 20.8 Å². The number of rotatable bonds is 5. The minimum absolute atomic E-state index is 0.0201. The quantitative estimate of drug-likeness (QED) is 0.774. The van der Waals surface area contributed by atoms with E-state index in [1.54, 1.807) is 0 Å². The smallest absolute Gasteiger partial charge is 0.217 e. The van der Waals surface area contributed by atoms with Crippen molar-refractivity contribution in [2.75, 3.05) is 6.61 Å². The number of carbonyl (C=O) groups is 1. The molecule has 1 amide bonds. The number of aliphatic hydroxyl groups excluding tert-OH is 1. The molecule has 106 valence electrons. The molecule has 1 aliphatic heterocycles. The second-order valence-electron chi connectivity index (χ2n) is 4.90. The first-order valence-electron chi connectivity index (χ1n) is 6.73. The van der Waals surface area contributed by atoms with Gasteiger partial charge in [0.1, 0.15) is 6.04 Å². The Morgan fingerprint density at radius 1 is 1.44 bits per heavy atom. The predicted octanol–water partition coefficient (Wildman–Crippen LogP) is 1.05. The summed E-state index contributed by atoms with van der Waals surface area (Å²) in [5.41, 5.74) is 0. The summed E-state index contributed by atoms with van der Waals surface area (Å²) < 4.78 is 11.4. The maximum Gasteiger partial charge on any atom is 0.217 e. The van der Waals surface area contributed by atoms with Crippen molar-refractivity contribution in [2.45, 2.75) is 65.1 Å². The fourth-order valence-electron chi connectivity index (χ4n) is 2.32. The van der Waals surface area contributed by atoms with Gasteiger partial charge in [0.25, 0.3) is 0 Å². The number of nitrogens with one attached hydrogen (secondary N) is 1. The number of aliphatic hydroxyl groups is 1. The van der Waals surface area contributed by atoms with Gasteiger partial charge in [-0.1, -0.05) is 20.8 Å². The summed E-state index contributed by atoms with van der Waals surface area (Å²) in [6.07, 6.45) is 0.442. The number of ether oxygens (including phenoxy) is 2. The van der Waals surface area contributed by atoms with Gasteiger partial charge >= 0.3 is 0 Å². The third kappa shape index (κ3) is 3.67. The van der Waals surface area contributed by atoms with E-state index in [-0.39, 0.29) is 17.9 Å². The normalized spacial score (nSPS) is 36.4. The summed E-state index contributed by atoms with van der Waals surface area (Å²) in [6.45, 7) is 7.94. The van der Waals surface area contributed by atoms with Crippen molar-refractivity contribution in [3.63, 3.8) is 0 Å². The lowest BCUT2D eigenvalue weighted by Crippen LogP contribution is -2.61. The average molecular weight is 259 g/mol. The molecule has 5 heteroatoms. The number of hydrogen-bond donors (Lipinski definition) is 2. The topological polar surface area (TPSA) is 67.8 Å². The predicted molar refractivity (Wildman–Crippen MR) is 68.0 cm³/mol. The van der Waals surface area contributed by atoms with Gasteiger partial charge in [0.2, 0.25) is 5.91 Å². The molecule has 0 aromatic heterocycles. The van der Waals surface area contributed by atoms with Crippen molar-refractivity contribution in [1.82, 2.24) is 5.32 Å². The van der Waals surface area contributed by atoms with Crippen LogP contribution >= 0.6 is 0 Å². The van der Waals surface area contributed by atoms with Gasteiger partial charge in [-0.2, -0.15) is 0 Å². The second-order valence-corrected chi connectivity index (χ2v) is 4.90. The first kappa shape index (κ1) is 15.4. The first-order valence-corrected chi connectivity index (χ1v) is 6.73. The number of carbonyl (C=O) groups excluding carboxylic acids is 1. The molecule has 1 saturated heterocycles. The van der Waals surface area contributed by atoms with Gasteiger partial charge in [-0.3, -0.25) is 4.79 Å². The van der Waals surface area contributed by atoms with E-state index in [9.17, 15) is 9.90 Å². The molecule has 0 aliphatic carbocycles. The largest absolute Gasteiger partial charge is 0.390 e. The van der Waals surface area contributed by atoms with E-state index in [2.05, 4.69) is 5.32 Å². The van der Waals surface area contributed by atoms with E-state index in [4.69, 9.17) is 9.47 Å². The molecule has 0 radical (unpaired) electrons. The lowest BCUT2D eigenvalue weighted by atomic mass is 9.88. The summed E-state index contributed by atoms with van der Waals surface area (Å²) >= 11 is 0. The Hall–Kier alpha value is -0.650. The maximum atomic E-state index is 11.2. The highest BCUT2D eigenvalue weighted by Crippen LogP contribution is 2.28. The molecule has 5 atom stereocenters. The van der Waals surface area contributed by atoms with Gasteiger partial charge in [0, 0.05) is 19.4 Å². The summed E-state index contributed by atoms with van der Waals surface area (Å²) in [5.74, 6) is -0.205. The zero-order valence-electron chi connectivity index (χ0n) is 11.7. The molecule has 0 aromatic carbocycles. The van der Waals surface area contributed by atoms with Crippen LogP contribution in [0.2, 0.25) is 0 Å². The summed E-state index contributed by atoms with van der Waals surface area (Å²) in [6, 6.07) is -0.494. The van der Waals surface area contributed by atoms with E-state index in [0.717, 1.165) is 12.8 Å². The molecule has 1 heterocycles. The number of hydrogen-bond acceptors (Lipinski definition) is 4. The lowest BCUT2D eigenvalue weighted by molar-refractivity contribution is -0.249. The molecule has 0 saturated carbocycles. The molecule has 5 nitrogen and oxygen atoms in total. The Labute approximate surface area is 109 Å². The molecule has 0 bridgehead atoms. The monoisotopic (exact) mass is 259 g/mol. The van der Waals surface area contributed by atoms with Crippen LogP contribution in [0.25, 0.3) is 0 Å². The SMILES string of the molecule is CCCOC1OC(CC)C(C)C(O)C1NC(C)=O. The Morgan fingerprint density at radius 3 is 2.61 bits per heavy atom. The van der Waals surface area contributed by atoms with Crippen LogP contribution in [0, 0.1) is 5.92 Å². The van der Waals surface area contributed by atoms with Gasteiger partial charge in [-0.25, -0.2) is 0 Å². The zero-order valence-corrected chi connectivity index (χ0v) is 11.7. The molecular formula is C13H25NO4. The summed E-state index contributed by atoms with van der Waals surface area (Å²) in [4.78, 5) is 11.2. The van der Waals surface area contributed by atoms with E-state index >= 15 is 0 Å². The molecule has 1 rings (SSSR count). The minimum Gasteiger partial charge on any atom is -0.390 e. The molecule has 1 aliphatic rings. The van der Waals surface area contributed by atoms with Crippen LogP contribution in [0.3, 0.4) is 0 Å². The number of amides is 1.